The smallest absolute Gasteiger partial charge is 0.318 e. The number of aromatic amines is 1. The zero-order valence-corrected chi connectivity index (χ0v) is 14.6. The molecule has 24 heavy (non-hydrogen) atoms. The lowest BCUT2D eigenvalue weighted by atomic mass is 10.0. The van der Waals surface area contributed by atoms with Crippen LogP contribution in [0.1, 0.15) is 44.1 Å². The molecular weight excluding hydrogens is 304 g/mol. The van der Waals surface area contributed by atoms with Crippen molar-refractivity contribution in [3.05, 3.63) is 48.0 Å². The molecule has 2 amide bonds. The predicted octanol–water partition coefficient (Wildman–Crippen LogP) is 3.49. The summed E-state index contributed by atoms with van der Waals surface area (Å²) in [5.74, 6) is 1.62. The molecule has 0 saturated heterocycles. The number of benzene rings is 1. The molecule has 0 spiro atoms. The van der Waals surface area contributed by atoms with Crippen molar-refractivity contribution in [2.24, 2.45) is 0 Å². The van der Waals surface area contributed by atoms with Gasteiger partial charge in [0, 0.05) is 19.4 Å². The fourth-order valence-electron chi connectivity index (χ4n) is 2.38. The average molecular weight is 330 g/mol. The van der Waals surface area contributed by atoms with E-state index in [1.807, 2.05) is 24.3 Å². The summed E-state index contributed by atoms with van der Waals surface area (Å²) in [6.45, 7) is 5.29. The SMILES string of the molecule is CCCOc1ccc([C@H](CC)NC(=O)N(C)Cc2ncc[nH]2)cc1. The molecule has 130 valence electrons. The van der Waals surface area contributed by atoms with Crippen LogP contribution in [0.3, 0.4) is 0 Å². The molecule has 0 unspecified atom stereocenters. The Morgan fingerprint density at radius 2 is 2.08 bits per heavy atom. The van der Waals surface area contributed by atoms with Crippen molar-refractivity contribution in [2.45, 2.75) is 39.3 Å². The lowest BCUT2D eigenvalue weighted by Gasteiger charge is -2.23. The fourth-order valence-corrected chi connectivity index (χ4v) is 2.38. The Morgan fingerprint density at radius 1 is 1.33 bits per heavy atom. The van der Waals surface area contributed by atoms with E-state index in [0.29, 0.717) is 13.2 Å². The molecule has 2 rings (SSSR count). The predicted molar refractivity (Wildman–Crippen MR) is 93.8 cm³/mol. The number of hydrogen-bond donors (Lipinski definition) is 2. The molecule has 0 aliphatic carbocycles. The van der Waals surface area contributed by atoms with Crippen LogP contribution in [0, 0.1) is 0 Å². The van der Waals surface area contributed by atoms with Gasteiger partial charge in [-0.05, 0) is 30.5 Å². The van der Waals surface area contributed by atoms with E-state index in [2.05, 4.69) is 29.1 Å². The van der Waals surface area contributed by atoms with Crippen LogP contribution in [0.2, 0.25) is 0 Å². The van der Waals surface area contributed by atoms with Crippen LogP contribution in [0.5, 0.6) is 5.75 Å². The Kier molecular flexibility index (Phi) is 6.66. The van der Waals surface area contributed by atoms with Crippen LogP contribution < -0.4 is 10.1 Å². The zero-order chi connectivity index (χ0) is 17.4. The van der Waals surface area contributed by atoms with E-state index >= 15 is 0 Å². The molecule has 6 nitrogen and oxygen atoms in total. The molecular formula is C18H26N4O2. The van der Waals surface area contributed by atoms with Crippen molar-refractivity contribution in [3.8, 4) is 5.75 Å². The standard InChI is InChI=1S/C18H26N4O2/c1-4-12-24-15-8-6-14(7-9-15)16(5-2)21-18(23)22(3)13-17-19-10-11-20-17/h6-11,16H,4-5,12-13H2,1-3H3,(H,19,20)(H,21,23)/t16-/m0/s1. The number of rotatable bonds is 8. The lowest BCUT2D eigenvalue weighted by Crippen LogP contribution is -2.39. The van der Waals surface area contributed by atoms with Crippen LogP contribution in [-0.2, 0) is 6.54 Å². The summed E-state index contributed by atoms with van der Waals surface area (Å²) < 4.78 is 5.60. The van der Waals surface area contributed by atoms with Crippen molar-refractivity contribution in [1.29, 1.82) is 0 Å². The number of nitrogens with one attached hydrogen (secondary N) is 2. The summed E-state index contributed by atoms with van der Waals surface area (Å²) in [7, 11) is 1.76. The summed E-state index contributed by atoms with van der Waals surface area (Å²) >= 11 is 0. The third kappa shape index (κ3) is 5.01. The highest BCUT2D eigenvalue weighted by molar-refractivity contribution is 5.74. The molecule has 0 radical (unpaired) electrons. The quantitative estimate of drug-likeness (QED) is 0.778. The Hall–Kier alpha value is -2.50. The molecule has 6 heteroatoms. The number of amides is 2. The molecule has 1 aromatic heterocycles. The van der Waals surface area contributed by atoms with E-state index in [0.717, 1.165) is 30.0 Å². The van der Waals surface area contributed by atoms with Gasteiger partial charge in [0.2, 0.25) is 0 Å². The number of nitrogens with zero attached hydrogens (tertiary/aromatic N) is 2. The van der Waals surface area contributed by atoms with Crippen molar-refractivity contribution >= 4 is 6.03 Å². The second-order valence-electron chi connectivity index (χ2n) is 5.72. The minimum absolute atomic E-state index is 0.0308. The van der Waals surface area contributed by atoms with Crippen LogP contribution in [0.15, 0.2) is 36.7 Å². The fraction of sp³-hybridized carbons (Fsp3) is 0.444. The number of carbonyl (C=O) groups is 1. The number of ether oxygens (including phenoxy) is 1. The Morgan fingerprint density at radius 3 is 2.67 bits per heavy atom. The largest absolute Gasteiger partial charge is 0.494 e. The van der Waals surface area contributed by atoms with Gasteiger partial charge in [0.1, 0.15) is 11.6 Å². The maximum Gasteiger partial charge on any atom is 0.318 e. The summed E-state index contributed by atoms with van der Waals surface area (Å²) in [5.41, 5.74) is 1.07. The van der Waals surface area contributed by atoms with Gasteiger partial charge in [-0.3, -0.25) is 0 Å². The van der Waals surface area contributed by atoms with Gasteiger partial charge in [0.15, 0.2) is 0 Å². The second-order valence-corrected chi connectivity index (χ2v) is 5.72. The van der Waals surface area contributed by atoms with E-state index in [1.54, 1.807) is 24.3 Å². The highest BCUT2D eigenvalue weighted by atomic mass is 16.5. The zero-order valence-electron chi connectivity index (χ0n) is 14.6. The van der Waals surface area contributed by atoms with Crippen LogP contribution in [0.25, 0.3) is 0 Å². The van der Waals surface area contributed by atoms with E-state index in [4.69, 9.17) is 4.74 Å². The average Bonchev–Trinajstić information content (AvgIpc) is 3.11. The van der Waals surface area contributed by atoms with Crippen LogP contribution in [0.4, 0.5) is 4.79 Å². The van der Waals surface area contributed by atoms with E-state index in [9.17, 15) is 4.79 Å². The number of carbonyl (C=O) groups excluding carboxylic acids is 1. The van der Waals surface area contributed by atoms with E-state index < -0.39 is 0 Å². The number of urea groups is 1. The molecule has 0 aliphatic heterocycles. The normalized spacial score (nSPS) is 11.8. The topological polar surface area (TPSA) is 70.2 Å². The summed E-state index contributed by atoms with van der Waals surface area (Å²) in [5, 5.41) is 3.06. The van der Waals surface area contributed by atoms with Gasteiger partial charge in [-0.1, -0.05) is 26.0 Å². The van der Waals surface area contributed by atoms with Gasteiger partial charge in [-0.25, -0.2) is 9.78 Å². The highest BCUT2D eigenvalue weighted by Crippen LogP contribution is 2.20. The lowest BCUT2D eigenvalue weighted by molar-refractivity contribution is 0.201. The van der Waals surface area contributed by atoms with Crippen molar-refractivity contribution in [1.82, 2.24) is 20.2 Å². The summed E-state index contributed by atoms with van der Waals surface area (Å²) in [6, 6.07) is 7.76. The van der Waals surface area contributed by atoms with Crippen molar-refractivity contribution in [2.75, 3.05) is 13.7 Å². The van der Waals surface area contributed by atoms with Gasteiger partial charge in [-0.15, -0.1) is 0 Å². The van der Waals surface area contributed by atoms with Crippen LogP contribution in [-0.4, -0.2) is 34.6 Å². The number of hydrogen-bond acceptors (Lipinski definition) is 3. The Balaban J connectivity index is 1.93. The van der Waals surface area contributed by atoms with Gasteiger partial charge < -0.3 is 19.9 Å². The molecule has 0 saturated carbocycles. The Bertz CT molecular complexity index is 610. The monoisotopic (exact) mass is 330 g/mol. The molecule has 2 N–H and O–H groups in total. The first-order valence-electron chi connectivity index (χ1n) is 8.36. The maximum atomic E-state index is 12.4. The third-order valence-corrected chi connectivity index (χ3v) is 3.75. The highest BCUT2D eigenvalue weighted by Gasteiger charge is 2.16. The molecule has 0 aliphatic rings. The van der Waals surface area contributed by atoms with Crippen molar-refractivity contribution < 1.29 is 9.53 Å². The summed E-state index contributed by atoms with van der Waals surface area (Å²) in [6.07, 6.45) is 5.23. The van der Waals surface area contributed by atoms with Gasteiger partial charge >= 0.3 is 6.03 Å². The Labute approximate surface area is 143 Å². The molecule has 1 heterocycles. The summed E-state index contributed by atoms with van der Waals surface area (Å²) in [4.78, 5) is 21.1. The van der Waals surface area contributed by atoms with Crippen LogP contribution >= 0.6 is 0 Å². The molecule has 0 fully saturated rings. The number of imidazole rings is 1. The minimum atomic E-state index is -0.121. The first-order chi connectivity index (χ1) is 11.6. The van der Waals surface area contributed by atoms with Crippen molar-refractivity contribution in [3.63, 3.8) is 0 Å². The minimum Gasteiger partial charge on any atom is -0.494 e. The number of aromatic nitrogens is 2. The molecule has 2 aromatic rings. The second kappa shape index (κ2) is 8.96. The van der Waals surface area contributed by atoms with Gasteiger partial charge in [-0.2, -0.15) is 0 Å². The number of H-pyrrole nitrogens is 1. The molecule has 0 bridgehead atoms. The van der Waals surface area contributed by atoms with E-state index in [1.165, 1.54) is 0 Å². The molecule has 1 aromatic carbocycles. The first kappa shape index (κ1) is 17.8. The van der Waals surface area contributed by atoms with Gasteiger partial charge in [0.25, 0.3) is 0 Å². The maximum absolute atomic E-state index is 12.4. The van der Waals surface area contributed by atoms with E-state index in [-0.39, 0.29) is 12.1 Å². The first-order valence-corrected chi connectivity index (χ1v) is 8.36. The molecule has 1 atom stereocenters. The van der Waals surface area contributed by atoms with Gasteiger partial charge in [0.05, 0.1) is 19.2 Å². The third-order valence-electron chi connectivity index (χ3n) is 3.75.